The lowest BCUT2D eigenvalue weighted by Gasteiger charge is -2.18. The van der Waals surface area contributed by atoms with Crippen molar-refractivity contribution < 1.29 is 4.52 Å². The second-order valence-corrected chi connectivity index (χ2v) is 4.41. The molecule has 0 saturated carbocycles. The molecular formula is C8H11N2O2PS. The average Bonchev–Trinajstić information content (AvgIpc) is 2.18. The lowest BCUT2D eigenvalue weighted by Crippen LogP contribution is -2.29. The first-order valence-electron chi connectivity index (χ1n) is 4.29. The SMILES string of the molecule is Cc1nc2n(c(=O)c1OP)CCSC2. The Labute approximate surface area is 88.3 Å². The number of hydrogen-bond acceptors (Lipinski definition) is 4. The van der Waals surface area contributed by atoms with E-state index in [0.717, 1.165) is 23.9 Å². The molecule has 4 nitrogen and oxygen atoms in total. The van der Waals surface area contributed by atoms with Crippen molar-refractivity contribution in [3.8, 4) is 5.75 Å². The number of fused-ring (bicyclic) bond motifs is 1. The third kappa shape index (κ3) is 1.55. The first-order chi connectivity index (χ1) is 6.74. The summed E-state index contributed by atoms with van der Waals surface area (Å²) in [5, 5.41) is 0. The summed E-state index contributed by atoms with van der Waals surface area (Å²) in [6, 6.07) is 0. The van der Waals surface area contributed by atoms with E-state index in [0.29, 0.717) is 11.4 Å². The smallest absolute Gasteiger partial charge is 0.296 e. The van der Waals surface area contributed by atoms with Gasteiger partial charge in [-0.15, -0.1) is 0 Å². The molecule has 1 atom stereocenters. The lowest BCUT2D eigenvalue weighted by molar-refractivity contribution is 0.569. The van der Waals surface area contributed by atoms with Crippen LogP contribution in [0.4, 0.5) is 0 Å². The van der Waals surface area contributed by atoms with Crippen molar-refractivity contribution in [2.45, 2.75) is 19.2 Å². The van der Waals surface area contributed by atoms with Gasteiger partial charge in [-0.2, -0.15) is 11.8 Å². The molecule has 2 heterocycles. The van der Waals surface area contributed by atoms with Gasteiger partial charge in [0, 0.05) is 12.3 Å². The summed E-state index contributed by atoms with van der Waals surface area (Å²) in [5.74, 6) is 2.97. The third-order valence-electron chi connectivity index (χ3n) is 2.18. The van der Waals surface area contributed by atoms with Crippen LogP contribution in [0.3, 0.4) is 0 Å². The van der Waals surface area contributed by atoms with Crippen LogP contribution >= 0.6 is 21.2 Å². The normalized spacial score (nSPS) is 15.0. The van der Waals surface area contributed by atoms with E-state index in [4.69, 9.17) is 4.52 Å². The number of rotatable bonds is 1. The zero-order valence-corrected chi connectivity index (χ0v) is 9.79. The van der Waals surface area contributed by atoms with E-state index in [-0.39, 0.29) is 5.56 Å². The van der Waals surface area contributed by atoms with Crippen LogP contribution < -0.4 is 10.1 Å². The summed E-state index contributed by atoms with van der Waals surface area (Å²) in [6.07, 6.45) is 0. The van der Waals surface area contributed by atoms with Gasteiger partial charge < -0.3 is 4.52 Å². The van der Waals surface area contributed by atoms with Gasteiger partial charge >= 0.3 is 0 Å². The lowest BCUT2D eigenvalue weighted by atomic mass is 10.4. The van der Waals surface area contributed by atoms with Crippen molar-refractivity contribution in [3.05, 3.63) is 21.9 Å². The Hall–Kier alpha value is -0.540. The Bertz CT molecular complexity index is 419. The topological polar surface area (TPSA) is 44.1 Å². The maximum Gasteiger partial charge on any atom is 0.296 e. The zero-order valence-electron chi connectivity index (χ0n) is 7.82. The van der Waals surface area contributed by atoms with Crippen LogP contribution in [0.25, 0.3) is 0 Å². The molecule has 0 spiro atoms. The molecule has 0 aromatic carbocycles. The van der Waals surface area contributed by atoms with Crippen LogP contribution in [0.5, 0.6) is 5.75 Å². The van der Waals surface area contributed by atoms with Gasteiger partial charge in [-0.1, -0.05) is 0 Å². The van der Waals surface area contributed by atoms with Crippen molar-refractivity contribution in [3.63, 3.8) is 0 Å². The summed E-state index contributed by atoms with van der Waals surface area (Å²) in [4.78, 5) is 16.2. The second kappa shape index (κ2) is 3.91. The summed E-state index contributed by atoms with van der Waals surface area (Å²) in [5.41, 5.74) is 0.599. The molecule has 6 heteroatoms. The quantitative estimate of drug-likeness (QED) is 0.674. The Kier molecular flexibility index (Phi) is 2.79. The Balaban J connectivity index is 2.64. The first-order valence-corrected chi connectivity index (χ1v) is 5.91. The van der Waals surface area contributed by atoms with Gasteiger partial charge in [-0.05, 0) is 6.92 Å². The molecule has 0 saturated heterocycles. The molecule has 1 aromatic rings. The van der Waals surface area contributed by atoms with Crippen LogP contribution in [0.15, 0.2) is 4.79 Å². The van der Waals surface area contributed by atoms with Gasteiger partial charge in [-0.3, -0.25) is 9.36 Å². The predicted molar refractivity (Wildman–Crippen MR) is 59.7 cm³/mol. The highest BCUT2D eigenvalue weighted by atomic mass is 32.2. The van der Waals surface area contributed by atoms with E-state index in [2.05, 4.69) is 14.5 Å². The van der Waals surface area contributed by atoms with Crippen LogP contribution in [0.2, 0.25) is 0 Å². The van der Waals surface area contributed by atoms with Crippen molar-refractivity contribution >= 4 is 21.2 Å². The van der Waals surface area contributed by atoms with Crippen LogP contribution in [-0.2, 0) is 12.3 Å². The Morgan fingerprint density at radius 1 is 1.64 bits per heavy atom. The number of thioether (sulfide) groups is 1. The number of aryl methyl sites for hydroxylation is 1. The molecule has 0 N–H and O–H groups in total. The molecule has 1 unspecified atom stereocenters. The maximum absolute atomic E-state index is 11.8. The fraction of sp³-hybridized carbons (Fsp3) is 0.500. The summed E-state index contributed by atoms with van der Waals surface area (Å²) >= 11 is 1.80. The Morgan fingerprint density at radius 2 is 2.43 bits per heavy atom. The van der Waals surface area contributed by atoms with E-state index in [1.807, 2.05) is 0 Å². The highest BCUT2D eigenvalue weighted by molar-refractivity contribution is 7.98. The van der Waals surface area contributed by atoms with Gasteiger partial charge in [0.25, 0.3) is 5.56 Å². The van der Waals surface area contributed by atoms with E-state index in [1.54, 1.807) is 23.3 Å². The number of nitrogens with zero attached hydrogens (tertiary/aromatic N) is 2. The summed E-state index contributed by atoms with van der Waals surface area (Å²) in [6.45, 7) is 2.52. The molecule has 76 valence electrons. The van der Waals surface area contributed by atoms with Gasteiger partial charge in [0.2, 0.25) is 5.75 Å². The minimum absolute atomic E-state index is 0.0669. The molecule has 14 heavy (non-hydrogen) atoms. The number of hydrogen-bond donors (Lipinski definition) is 0. The zero-order chi connectivity index (χ0) is 10.1. The fourth-order valence-electron chi connectivity index (χ4n) is 1.50. The molecule has 1 aromatic heterocycles. The predicted octanol–water partition coefficient (Wildman–Crippen LogP) is 0.967. The van der Waals surface area contributed by atoms with E-state index >= 15 is 0 Å². The fourth-order valence-corrected chi connectivity index (χ4v) is 2.63. The van der Waals surface area contributed by atoms with Crippen molar-refractivity contribution in [1.82, 2.24) is 9.55 Å². The minimum atomic E-state index is -0.0669. The second-order valence-electron chi connectivity index (χ2n) is 3.07. The van der Waals surface area contributed by atoms with Crippen LogP contribution in [0.1, 0.15) is 11.5 Å². The van der Waals surface area contributed by atoms with Gasteiger partial charge in [0.15, 0.2) is 0 Å². The molecule has 1 aliphatic heterocycles. The highest BCUT2D eigenvalue weighted by Gasteiger charge is 2.17. The van der Waals surface area contributed by atoms with Gasteiger partial charge in [0.1, 0.15) is 5.82 Å². The standard InChI is InChI=1S/C8H11N2O2PS/c1-5-7(12-13)8(11)10-2-3-14-4-6(10)9-5/h2-4,13H2,1H3. The van der Waals surface area contributed by atoms with Crippen molar-refractivity contribution in [2.24, 2.45) is 0 Å². The minimum Gasteiger partial charge on any atom is -0.473 e. The first kappa shape index (κ1) is 9.99. The molecule has 0 bridgehead atoms. The van der Waals surface area contributed by atoms with E-state index < -0.39 is 0 Å². The monoisotopic (exact) mass is 230 g/mol. The van der Waals surface area contributed by atoms with E-state index in [9.17, 15) is 4.79 Å². The van der Waals surface area contributed by atoms with Gasteiger partial charge in [0.05, 0.1) is 20.9 Å². The molecule has 0 fully saturated rings. The third-order valence-corrected chi connectivity index (χ3v) is 3.35. The van der Waals surface area contributed by atoms with Gasteiger partial charge in [-0.25, -0.2) is 4.98 Å². The van der Waals surface area contributed by atoms with Crippen LogP contribution in [-0.4, -0.2) is 15.3 Å². The molecule has 0 radical (unpaired) electrons. The molecule has 2 rings (SSSR count). The Morgan fingerprint density at radius 3 is 3.14 bits per heavy atom. The molecule has 0 aliphatic carbocycles. The molecular weight excluding hydrogens is 219 g/mol. The average molecular weight is 230 g/mol. The molecule has 0 amide bonds. The van der Waals surface area contributed by atoms with E-state index in [1.165, 1.54) is 0 Å². The summed E-state index contributed by atoms with van der Waals surface area (Å²) < 4.78 is 6.65. The summed E-state index contributed by atoms with van der Waals surface area (Å²) in [7, 11) is 2.10. The number of aromatic nitrogens is 2. The molecule has 1 aliphatic rings. The highest BCUT2D eigenvalue weighted by Crippen LogP contribution is 2.19. The maximum atomic E-state index is 11.8. The largest absolute Gasteiger partial charge is 0.473 e. The van der Waals surface area contributed by atoms with Crippen LogP contribution in [0, 0.1) is 6.92 Å². The van der Waals surface area contributed by atoms with Crippen molar-refractivity contribution in [2.75, 3.05) is 5.75 Å². The van der Waals surface area contributed by atoms with Crippen molar-refractivity contribution in [1.29, 1.82) is 0 Å².